The minimum Gasteiger partial charge on any atom is -0.405 e. The van der Waals surface area contributed by atoms with E-state index < -0.39 is 0 Å². The zero-order chi connectivity index (χ0) is 12.1. The van der Waals surface area contributed by atoms with Crippen LogP contribution < -0.4 is 11.5 Å². The zero-order valence-electron chi connectivity index (χ0n) is 9.49. The Labute approximate surface area is 95.7 Å². The summed E-state index contributed by atoms with van der Waals surface area (Å²) in [6.07, 6.45) is 2.82. The third-order valence-electron chi connectivity index (χ3n) is 2.35. The summed E-state index contributed by atoms with van der Waals surface area (Å²) in [6, 6.07) is 7.95. The smallest absolute Gasteiger partial charge is 0.101 e. The van der Waals surface area contributed by atoms with Crippen molar-refractivity contribution in [2.45, 2.75) is 13.8 Å². The van der Waals surface area contributed by atoms with E-state index in [0.29, 0.717) is 11.3 Å². The number of hydrogen-bond donors (Lipinski definition) is 2. The predicted octanol–water partition coefficient (Wildman–Crippen LogP) is 1.97. The molecular formula is C13H15N3. The number of hydrogen-bond acceptors (Lipinski definition) is 3. The Kier molecular flexibility index (Phi) is 3.73. The quantitative estimate of drug-likeness (QED) is 0.582. The van der Waals surface area contributed by atoms with Crippen molar-refractivity contribution < 1.29 is 0 Å². The Morgan fingerprint density at radius 1 is 1.38 bits per heavy atom. The van der Waals surface area contributed by atoms with Crippen molar-refractivity contribution in [1.29, 1.82) is 5.26 Å². The molecule has 0 saturated carbocycles. The molecule has 1 aromatic rings. The van der Waals surface area contributed by atoms with Gasteiger partial charge < -0.3 is 11.5 Å². The number of nitrogens with two attached hydrogens (primary N) is 2. The average molecular weight is 213 g/mol. The fourth-order valence-corrected chi connectivity index (χ4v) is 1.54. The van der Waals surface area contributed by atoms with E-state index in [1.165, 1.54) is 17.8 Å². The van der Waals surface area contributed by atoms with Crippen LogP contribution in [0.25, 0.3) is 5.70 Å². The molecule has 3 heteroatoms. The molecule has 82 valence electrons. The minimum atomic E-state index is 0.384. The van der Waals surface area contributed by atoms with Crippen molar-refractivity contribution in [3.63, 3.8) is 0 Å². The lowest BCUT2D eigenvalue weighted by Crippen LogP contribution is -2.02. The van der Waals surface area contributed by atoms with E-state index in [9.17, 15) is 0 Å². The zero-order valence-corrected chi connectivity index (χ0v) is 9.49. The van der Waals surface area contributed by atoms with Crippen LogP contribution in [-0.4, -0.2) is 0 Å². The molecule has 0 amide bonds. The maximum Gasteiger partial charge on any atom is 0.101 e. The summed E-state index contributed by atoms with van der Waals surface area (Å²) < 4.78 is 0. The lowest BCUT2D eigenvalue weighted by Gasteiger charge is -2.08. The molecule has 0 aliphatic rings. The second-order valence-corrected chi connectivity index (χ2v) is 3.62. The second kappa shape index (κ2) is 5.04. The molecule has 0 spiro atoms. The molecule has 0 bridgehead atoms. The highest BCUT2D eigenvalue weighted by molar-refractivity contribution is 5.73. The summed E-state index contributed by atoms with van der Waals surface area (Å²) in [5.74, 6) is 0. The van der Waals surface area contributed by atoms with Gasteiger partial charge in [0.2, 0.25) is 0 Å². The van der Waals surface area contributed by atoms with E-state index in [1.807, 2.05) is 38.1 Å². The molecule has 0 aliphatic heterocycles. The van der Waals surface area contributed by atoms with Gasteiger partial charge in [0.1, 0.15) is 6.07 Å². The summed E-state index contributed by atoms with van der Waals surface area (Å²) in [5.41, 5.74) is 15.1. The van der Waals surface area contributed by atoms with E-state index in [2.05, 4.69) is 0 Å². The Morgan fingerprint density at radius 3 is 2.56 bits per heavy atom. The minimum absolute atomic E-state index is 0.384. The highest BCUT2D eigenvalue weighted by Crippen LogP contribution is 2.19. The maximum atomic E-state index is 8.94. The van der Waals surface area contributed by atoms with Crippen LogP contribution >= 0.6 is 0 Å². The van der Waals surface area contributed by atoms with E-state index in [-0.39, 0.29) is 0 Å². The normalized spacial score (nSPS) is 12.3. The van der Waals surface area contributed by atoms with Gasteiger partial charge >= 0.3 is 0 Å². The Morgan fingerprint density at radius 2 is 2.06 bits per heavy atom. The topological polar surface area (TPSA) is 75.8 Å². The Hall–Kier alpha value is -2.21. The standard InChI is InChI=1S/C13H15N3/c1-9-3-4-12(10(2)7-9)13(16)11(8-15)5-6-14/h3-7H,14,16H2,1-2H3/b6-5-,13-11+. The number of benzene rings is 1. The van der Waals surface area contributed by atoms with Crippen LogP contribution in [0.2, 0.25) is 0 Å². The van der Waals surface area contributed by atoms with Crippen molar-refractivity contribution in [3.05, 3.63) is 52.7 Å². The highest BCUT2D eigenvalue weighted by atomic mass is 14.6. The number of nitriles is 1. The van der Waals surface area contributed by atoms with E-state index in [0.717, 1.165) is 11.1 Å². The Bertz CT molecular complexity index is 490. The van der Waals surface area contributed by atoms with Crippen LogP contribution in [-0.2, 0) is 0 Å². The molecule has 0 aromatic heterocycles. The van der Waals surface area contributed by atoms with E-state index >= 15 is 0 Å². The molecule has 1 rings (SSSR count). The van der Waals surface area contributed by atoms with Gasteiger partial charge in [0.25, 0.3) is 0 Å². The molecule has 16 heavy (non-hydrogen) atoms. The summed E-state index contributed by atoms with van der Waals surface area (Å²) >= 11 is 0. The van der Waals surface area contributed by atoms with Crippen LogP contribution in [0.5, 0.6) is 0 Å². The molecule has 0 atom stereocenters. The van der Waals surface area contributed by atoms with Gasteiger partial charge in [-0.2, -0.15) is 5.26 Å². The molecule has 0 radical (unpaired) electrons. The highest BCUT2D eigenvalue weighted by Gasteiger charge is 2.05. The van der Waals surface area contributed by atoms with Crippen molar-refractivity contribution in [3.8, 4) is 6.07 Å². The van der Waals surface area contributed by atoms with Crippen molar-refractivity contribution in [2.75, 3.05) is 0 Å². The number of allylic oxidation sites excluding steroid dienone is 2. The largest absolute Gasteiger partial charge is 0.405 e. The van der Waals surface area contributed by atoms with Crippen LogP contribution in [0.3, 0.4) is 0 Å². The number of rotatable bonds is 2. The van der Waals surface area contributed by atoms with Gasteiger partial charge in [-0.25, -0.2) is 0 Å². The van der Waals surface area contributed by atoms with Gasteiger partial charge in [0.05, 0.1) is 11.3 Å². The molecule has 4 N–H and O–H groups in total. The van der Waals surface area contributed by atoms with Crippen molar-refractivity contribution >= 4 is 5.70 Å². The van der Waals surface area contributed by atoms with Crippen molar-refractivity contribution in [2.24, 2.45) is 11.5 Å². The summed E-state index contributed by atoms with van der Waals surface area (Å²) in [6.45, 7) is 3.98. The molecule has 0 heterocycles. The van der Waals surface area contributed by atoms with E-state index in [4.69, 9.17) is 16.7 Å². The van der Waals surface area contributed by atoms with Crippen LogP contribution in [0.15, 0.2) is 36.0 Å². The van der Waals surface area contributed by atoms with Gasteiger partial charge in [-0.3, -0.25) is 0 Å². The van der Waals surface area contributed by atoms with Crippen molar-refractivity contribution in [1.82, 2.24) is 0 Å². The van der Waals surface area contributed by atoms with Gasteiger partial charge in [-0.05, 0) is 31.7 Å². The van der Waals surface area contributed by atoms with Gasteiger partial charge in [0, 0.05) is 5.56 Å². The van der Waals surface area contributed by atoms with E-state index in [1.54, 1.807) is 0 Å². The SMILES string of the molecule is Cc1ccc(/C(N)=C(C#N)/C=C\N)c(C)c1. The molecule has 0 unspecified atom stereocenters. The molecule has 0 aliphatic carbocycles. The fourth-order valence-electron chi connectivity index (χ4n) is 1.54. The molecule has 0 saturated heterocycles. The first-order chi connectivity index (χ1) is 7.60. The predicted molar refractivity (Wildman–Crippen MR) is 66.0 cm³/mol. The monoisotopic (exact) mass is 213 g/mol. The number of nitrogens with zero attached hydrogens (tertiary/aromatic N) is 1. The first-order valence-corrected chi connectivity index (χ1v) is 4.96. The summed E-state index contributed by atoms with van der Waals surface area (Å²) in [5, 5.41) is 8.94. The van der Waals surface area contributed by atoms with Crippen LogP contribution in [0.1, 0.15) is 16.7 Å². The van der Waals surface area contributed by atoms with Gasteiger partial charge in [0.15, 0.2) is 0 Å². The molecule has 1 aromatic carbocycles. The lowest BCUT2D eigenvalue weighted by atomic mass is 10.0. The second-order valence-electron chi connectivity index (χ2n) is 3.62. The Balaban J connectivity index is 3.33. The summed E-state index contributed by atoms with van der Waals surface area (Å²) in [7, 11) is 0. The third kappa shape index (κ3) is 2.43. The van der Waals surface area contributed by atoms with Gasteiger partial charge in [-0.15, -0.1) is 0 Å². The molecular weight excluding hydrogens is 198 g/mol. The number of aryl methyl sites for hydroxylation is 2. The average Bonchev–Trinajstić information content (AvgIpc) is 2.25. The third-order valence-corrected chi connectivity index (χ3v) is 2.35. The lowest BCUT2D eigenvalue weighted by molar-refractivity contribution is 1.33. The molecule has 0 fully saturated rings. The first kappa shape index (κ1) is 11.9. The maximum absolute atomic E-state index is 8.94. The first-order valence-electron chi connectivity index (χ1n) is 4.96. The van der Waals surface area contributed by atoms with Crippen LogP contribution in [0.4, 0.5) is 0 Å². The van der Waals surface area contributed by atoms with Crippen LogP contribution in [0, 0.1) is 25.2 Å². The molecule has 3 nitrogen and oxygen atoms in total. The fraction of sp³-hybridized carbons (Fsp3) is 0.154. The summed E-state index contributed by atoms with van der Waals surface area (Å²) in [4.78, 5) is 0. The van der Waals surface area contributed by atoms with Gasteiger partial charge in [-0.1, -0.05) is 23.8 Å².